The van der Waals surface area contributed by atoms with Gasteiger partial charge in [-0.3, -0.25) is 9.59 Å². The highest BCUT2D eigenvalue weighted by Gasteiger charge is 2.36. The summed E-state index contributed by atoms with van der Waals surface area (Å²) in [7, 11) is 0. The number of amides is 3. The lowest BCUT2D eigenvalue weighted by molar-refractivity contribution is -0.131. The fourth-order valence-corrected chi connectivity index (χ4v) is 2.59. The number of hydrogen-bond acceptors (Lipinski definition) is 3. The van der Waals surface area contributed by atoms with Crippen LogP contribution in [0.4, 0.5) is 10.5 Å². The molecule has 1 aliphatic rings. The van der Waals surface area contributed by atoms with Gasteiger partial charge in [-0.05, 0) is 52.0 Å². The van der Waals surface area contributed by atoms with Gasteiger partial charge < -0.3 is 15.5 Å². The van der Waals surface area contributed by atoms with E-state index in [0.29, 0.717) is 24.2 Å². The van der Waals surface area contributed by atoms with Crippen molar-refractivity contribution in [3.8, 4) is 0 Å². The van der Waals surface area contributed by atoms with Gasteiger partial charge in [-0.25, -0.2) is 4.79 Å². The van der Waals surface area contributed by atoms with Crippen molar-refractivity contribution in [2.45, 2.75) is 45.7 Å². The van der Waals surface area contributed by atoms with E-state index in [4.69, 9.17) is 0 Å². The molecule has 1 aliphatic heterocycles. The van der Waals surface area contributed by atoms with Crippen LogP contribution in [0.3, 0.4) is 0 Å². The molecule has 3 amide bonds. The molecule has 0 spiro atoms. The van der Waals surface area contributed by atoms with E-state index in [-0.39, 0.29) is 29.3 Å². The molecule has 124 valence electrons. The number of carbonyl (C=O) groups excluding carboxylic acids is 3. The smallest absolute Gasteiger partial charge is 0.319 e. The standard InChI is InChI=1S/C17H23N3O3/c1-11(21)12-5-7-13(8-6-12)18-16(23)19-14-9-15(22)20(10-14)17(2,3)4/h5-8,14H,9-10H2,1-4H3,(H2,18,19,23). The van der Waals surface area contributed by atoms with Crippen molar-refractivity contribution < 1.29 is 14.4 Å². The van der Waals surface area contributed by atoms with Gasteiger partial charge in [0.15, 0.2) is 5.78 Å². The zero-order valence-electron chi connectivity index (χ0n) is 14.0. The lowest BCUT2D eigenvalue weighted by Crippen LogP contribution is -2.45. The normalized spacial score (nSPS) is 18.0. The summed E-state index contributed by atoms with van der Waals surface area (Å²) in [4.78, 5) is 37.0. The van der Waals surface area contributed by atoms with Crippen LogP contribution in [-0.4, -0.2) is 40.7 Å². The van der Waals surface area contributed by atoms with Crippen LogP contribution in [0.15, 0.2) is 24.3 Å². The molecule has 0 saturated carbocycles. The number of likely N-dealkylation sites (tertiary alicyclic amines) is 1. The topological polar surface area (TPSA) is 78.5 Å². The van der Waals surface area contributed by atoms with Crippen molar-refractivity contribution >= 4 is 23.4 Å². The highest BCUT2D eigenvalue weighted by atomic mass is 16.2. The minimum atomic E-state index is -0.353. The maximum absolute atomic E-state index is 12.0. The maximum Gasteiger partial charge on any atom is 0.319 e. The van der Waals surface area contributed by atoms with Crippen LogP contribution in [0.2, 0.25) is 0 Å². The monoisotopic (exact) mass is 317 g/mol. The van der Waals surface area contributed by atoms with Crippen LogP contribution in [0.5, 0.6) is 0 Å². The van der Waals surface area contributed by atoms with Crippen LogP contribution in [0.1, 0.15) is 44.5 Å². The predicted molar refractivity (Wildman–Crippen MR) is 88.5 cm³/mol. The van der Waals surface area contributed by atoms with E-state index < -0.39 is 0 Å². The molecular weight excluding hydrogens is 294 g/mol. The third kappa shape index (κ3) is 4.31. The molecule has 0 aliphatic carbocycles. The van der Waals surface area contributed by atoms with Gasteiger partial charge in [0.2, 0.25) is 5.91 Å². The van der Waals surface area contributed by atoms with Gasteiger partial charge in [0.1, 0.15) is 0 Å². The SMILES string of the molecule is CC(=O)c1ccc(NC(=O)NC2CC(=O)N(C(C)(C)C)C2)cc1. The second-order valence-electron chi connectivity index (χ2n) is 6.81. The van der Waals surface area contributed by atoms with Crippen LogP contribution in [0.25, 0.3) is 0 Å². The van der Waals surface area contributed by atoms with Crippen LogP contribution in [0, 0.1) is 0 Å². The van der Waals surface area contributed by atoms with Gasteiger partial charge in [-0.15, -0.1) is 0 Å². The second-order valence-corrected chi connectivity index (χ2v) is 6.81. The first-order valence-corrected chi connectivity index (χ1v) is 7.66. The van der Waals surface area contributed by atoms with Crippen molar-refractivity contribution in [3.63, 3.8) is 0 Å². The van der Waals surface area contributed by atoms with E-state index in [1.807, 2.05) is 20.8 Å². The molecule has 0 bridgehead atoms. The summed E-state index contributed by atoms with van der Waals surface area (Å²) < 4.78 is 0. The molecule has 1 aromatic rings. The Morgan fingerprint density at radius 3 is 2.26 bits per heavy atom. The predicted octanol–water partition coefficient (Wildman–Crippen LogP) is 2.41. The molecule has 0 aromatic heterocycles. The summed E-state index contributed by atoms with van der Waals surface area (Å²) in [6.45, 7) is 7.93. The summed E-state index contributed by atoms with van der Waals surface area (Å²) in [5, 5.41) is 5.53. The quantitative estimate of drug-likeness (QED) is 0.840. The molecule has 6 nitrogen and oxygen atoms in total. The number of anilines is 1. The van der Waals surface area contributed by atoms with E-state index in [0.717, 1.165) is 0 Å². The van der Waals surface area contributed by atoms with Crippen molar-refractivity contribution in [1.29, 1.82) is 0 Å². The Bertz CT molecular complexity index is 617. The number of urea groups is 1. The van der Waals surface area contributed by atoms with Crippen molar-refractivity contribution in [1.82, 2.24) is 10.2 Å². The van der Waals surface area contributed by atoms with Crippen molar-refractivity contribution in [2.75, 3.05) is 11.9 Å². The molecule has 1 saturated heterocycles. The molecule has 6 heteroatoms. The number of carbonyl (C=O) groups is 3. The van der Waals surface area contributed by atoms with E-state index in [1.165, 1.54) is 6.92 Å². The van der Waals surface area contributed by atoms with Gasteiger partial charge in [0.05, 0.1) is 6.04 Å². The first-order valence-electron chi connectivity index (χ1n) is 7.66. The Kier molecular flexibility index (Phi) is 4.73. The van der Waals surface area contributed by atoms with Crippen LogP contribution >= 0.6 is 0 Å². The largest absolute Gasteiger partial charge is 0.336 e. The third-order valence-electron chi connectivity index (χ3n) is 3.82. The molecule has 1 heterocycles. The minimum absolute atomic E-state index is 0.0206. The van der Waals surface area contributed by atoms with Gasteiger partial charge in [-0.1, -0.05) is 0 Å². The summed E-state index contributed by atoms with van der Waals surface area (Å²) in [5.41, 5.74) is 0.953. The van der Waals surface area contributed by atoms with Gasteiger partial charge in [0, 0.05) is 29.8 Å². The molecule has 1 fully saturated rings. The summed E-state index contributed by atoms with van der Waals surface area (Å²) in [6, 6.07) is 6.14. The average Bonchev–Trinajstić information content (AvgIpc) is 2.80. The number of rotatable bonds is 3. The Morgan fingerprint density at radius 1 is 1.17 bits per heavy atom. The highest BCUT2D eigenvalue weighted by molar-refractivity contribution is 5.95. The number of Topliss-reactive ketones (excluding diaryl/α,β-unsaturated/α-hetero) is 1. The lowest BCUT2D eigenvalue weighted by atomic mass is 10.1. The zero-order chi connectivity index (χ0) is 17.2. The fourth-order valence-electron chi connectivity index (χ4n) is 2.59. The summed E-state index contributed by atoms with van der Waals surface area (Å²) in [6.07, 6.45) is 0.313. The lowest BCUT2D eigenvalue weighted by Gasteiger charge is -2.32. The van der Waals surface area contributed by atoms with Gasteiger partial charge in [-0.2, -0.15) is 0 Å². The van der Waals surface area contributed by atoms with Gasteiger partial charge in [0.25, 0.3) is 0 Å². The Hall–Kier alpha value is -2.37. The van der Waals surface area contributed by atoms with E-state index >= 15 is 0 Å². The third-order valence-corrected chi connectivity index (χ3v) is 3.82. The number of ketones is 1. The first-order chi connectivity index (χ1) is 10.7. The molecular formula is C17H23N3O3. The Balaban J connectivity index is 1.90. The van der Waals surface area contributed by atoms with E-state index in [2.05, 4.69) is 10.6 Å². The summed E-state index contributed by atoms with van der Waals surface area (Å²) >= 11 is 0. The molecule has 23 heavy (non-hydrogen) atoms. The number of hydrogen-bond donors (Lipinski definition) is 2. The molecule has 1 unspecified atom stereocenters. The van der Waals surface area contributed by atoms with Crippen molar-refractivity contribution in [2.24, 2.45) is 0 Å². The fraction of sp³-hybridized carbons (Fsp3) is 0.471. The van der Waals surface area contributed by atoms with E-state index in [1.54, 1.807) is 29.2 Å². The number of nitrogens with one attached hydrogen (secondary N) is 2. The van der Waals surface area contributed by atoms with E-state index in [9.17, 15) is 14.4 Å². The summed E-state index contributed by atoms with van der Waals surface area (Å²) in [5.74, 6) is 0.0290. The zero-order valence-corrected chi connectivity index (χ0v) is 14.0. The molecule has 0 radical (unpaired) electrons. The average molecular weight is 317 g/mol. The first kappa shape index (κ1) is 17.0. The maximum atomic E-state index is 12.0. The molecule has 1 aromatic carbocycles. The van der Waals surface area contributed by atoms with Crippen molar-refractivity contribution in [3.05, 3.63) is 29.8 Å². The number of benzene rings is 1. The molecule has 2 N–H and O–H groups in total. The van der Waals surface area contributed by atoms with Crippen LogP contribution in [-0.2, 0) is 4.79 Å². The molecule has 1 atom stereocenters. The highest BCUT2D eigenvalue weighted by Crippen LogP contribution is 2.22. The number of nitrogens with zero attached hydrogens (tertiary/aromatic N) is 1. The second kappa shape index (κ2) is 6.40. The van der Waals surface area contributed by atoms with Gasteiger partial charge >= 0.3 is 6.03 Å². The van der Waals surface area contributed by atoms with Crippen LogP contribution < -0.4 is 10.6 Å². The Labute approximate surface area is 136 Å². The minimum Gasteiger partial charge on any atom is -0.336 e. The molecule has 2 rings (SSSR count). The Morgan fingerprint density at radius 2 is 1.78 bits per heavy atom.